The number of hydrogen-bond donors (Lipinski definition) is 0. The van der Waals surface area contributed by atoms with Crippen LogP contribution >= 0.6 is 0 Å². The van der Waals surface area contributed by atoms with Crippen LogP contribution in [0.1, 0.15) is 115 Å². The average molecular weight is 514 g/mol. The third-order valence-corrected chi connectivity index (χ3v) is 7.11. The van der Waals surface area contributed by atoms with E-state index in [1.54, 1.807) is 14.0 Å². The van der Waals surface area contributed by atoms with E-state index < -0.39 is 11.9 Å². The molecule has 0 radical (unpaired) electrons. The second-order valence-corrected chi connectivity index (χ2v) is 11.6. The van der Waals surface area contributed by atoms with Crippen molar-refractivity contribution in [1.29, 1.82) is 0 Å². The molecule has 0 amide bonds. The number of carbonyl (C=O) groups is 1. The van der Waals surface area contributed by atoms with Crippen LogP contribution in [0.25, 0.3) is 10.8 Å². The van der Waals surface area contributed by atoms with E-state index in [0.717, 1.165) is 26.6 Å². The predicted molar refractivity (Wildman–Crippen MR) is 157 cm³/mol. The highest BCUT2D eigenvalue weighted by molar-refractivity contribution is 5.86. The maximum atomic E-state index is 10.8. The van der Waals surface area contributed by atoms with Crippen molar-refractivity contribution in [3.05, 3.63) is 42.0 Å². The van der Waals surface area contributed by atoms with E-state index in [1.165, 1.54) is 96.4 Å². The van der Waals surface area contributed by atoms with E-state index in [4.69, 9.17) is 4.74 Å². The molecule has 0 heterocycles. The Labute approximate surface area is 228 Å². The summed E-state index contributed by atoms with van der Waals surface area (Å²) in [6.45, 7) is 5.25. The molecule has 0 aliphatic heterocycles. The van der Waals surface area contributed by atoms with Crippen LogP contribution in [0.4, 0.5) is 0 Å². The fraction of sp³-hybridized carbons (Fsp3) is 0.667. The minimum atomic E-state index is -1.06. The molecule has 0 N–H and O–H groups in total. The number of methoxy groups -OCH3 is 1. The maximum absolute atomic E-state index is 10.8. The van der Waals surface area contributed by atoms with Crippen LogP contribution in [0.3, 0.4) is 0 Å². The number of rotatable bonds is 18. The molecule has 0 aliphatic rings. The van der Waals surface area contributed by atoms with E-state index in [0.29, 0.717) is 0 Å². The van der Waals surface area contributed by atoms with E-state index in [2.05, 4.69) is 28.1 Å². The summed E-state index contributed by atoms with van der Waals surface area (Å²) in [4.78, 5) is 10.8. The smallest absolute Gasteiger partial charge is 0.119 e. The molecule has 2 aromatic rings. The van der Waals surface area contributed by atoms with Crippen LogP contribution in [0, 0.1) is 0 Å². The lowest BCUT2D eigenvalue weighted by molar-refractivity contribution is -0.870. The number of quaternary nitrogens is 1. The standard InChI is InChI=1S/C19H42N.C14H14O3/c1-5-6-7-8-9-10-11-12-13-14-15-16-17-18-19-20(2,3)4;1-9(14(15)16)10-3-4-12-8-13(17-2)6-5-11(12)7-10/h5-19H2,1-4H3;3-9H,1-2H3,(H,15,16)/q+1;/p-1. The topological polar surface area (TPSA) is 49.4 Å². The Morgan fingerprint density at radius 1 is 0.757 bits per heavy atom. The zero-order valence-corrected chi connectivity index (χ0v) is 24.8. The molecule has 37 heavy (non-hydrogen) atoms. The summed E-state index contributed by atoms with van der Waals surface area (Å²) in [6.07, 6.45) is 20.4. The van der Waals surface area contributed by atoms with Crippen molar-refractivity contribution in [2.24, 2.45) is 0 Å². The quantitative estimate of drug-likeness (QED) is 0.150. The van der Waals surface area contributed by atoms with Crippen LogP contribution in [0.15, 0.2) is 36.4 Å². The molecule has 4 heteroatoms. The molecule has 0 aliphatic carbocycles. The van der Waals surface area contributed by atoms with Crippen LogP contribution < -0.4 is 9.84 Å². The maximum Gasteiger partial charge on any atom is 0.119 e. The van der Waals surface area contributed by atoms with Crippen LogP contribution in [-0.2, 0) is 4.79 Å². The summed E-state index contributed by atoms with van der Waals surface area (Å²) in [7, 11) is 8.50. The minimum Gasteiger partial charge on any atom is -0.550 e. The monoisotopic (exact) mass is 513 g/mol. The number of nitrogens with zero attached hydrogens (tertiary/aromatic N) is 1. The van der Waals surface area contributed by atoms with Crippen LogP contribution in [0.5, 0.6) is 5.75 Å². The summed E-state index contributed by atoms with van der Waals surface area (Å²) < 4.78 is 6.26. The Morgan fingerprint density at radius 3 is 1.68 bits per heavy atom. The summed E-state index contributed by atoms with van der Waals surface area (Å²) in [5, 5.41) is 12.8. The molecule has 0 saturated carbocycles. The lowest BCUT2D eigenvalue weighted by Crippen LogP contribution is -2.35. The van der Waals surface area contributed by atoms with Gasteiger partial charge in [-0.05, 0) is 41.3 Å². The lowest BCUT2D eigenvalue weighted by Gasteiger charge is -2.23. The van der Waals surface area contributed by atoms with E-state index in [-0.39, 0.29) is 0 Å². The molecule has 1 atom stereocenters. The number of ether oxygens (including phenoxy) is 1. The number of unbranched alkanes of at least 4 members (excludes halogenated alkanes) is 13. The van der Waals surface area contributed by atoms with Gasteiger partial charge in [-0.25, -0.2) is 0 Å². The fourth-order valence-corrected chi connectivity index (χ4v) is 4.56. The normalized spacial score (nSPS) is 12.2. The van der Waals surface area contributed by atoms with Gasteiger partial charge < -0.3 is 19.1 Å². The molecule has 1 unspecified atom stereocenters. The van der Waals surface area contributed by atoms with Crippen molar-refractivity contribution in [2.45, 2.75) is 110 Å². The SMILES string of the molecule is CCCCCCCCCCCCCCCC[N+](C)(C)C.COc1ccc2cc(C(C)C(=O)[O-])ccc2c1. The number of hydrogen-bond acceptors (Lipinski definition) is 3. The number of fused-ring (bicyclic) bond motifs is 1. The van der Waals surface area contributed by atoms with E-state index in [1.807, 2.05) is 36.4 Å². The lowest BCUT2D eigenvalue weighted by atomic mass is 9.98. The Bertz CT molecular complexity index is 871. The van der Waals surface area contributed by atoms with Gasteiger partial charge >= 0.3 is 0 Å². The summed E-state index contributed by atoms with van der Waals surface area (Å²) in [6, 6.07) is 11.3. The molecule has 0 fully saturated rings. The van der Waals surface area contributed by atoms with Crippen molar-refractivity contribution in [3.63, 3.8) is 0 Å². The van der Waals surface area contributed by atoms with Gasteiger partial charge in [0.15, 0.2) is 0 Å². The molecule has 0 spiro atoms. The minimum absolute atomic E-state index is 0.596. The largest absolute Gasteiger partial charge is 0.550 e. The zero-order valence-electron chi connectivity index (χ0n) is 24.8. The molecule has 0 saturated heterocycles. The van der Waals surface area contributed by atoms with Crippen molar-refractivity contribution in [3.8, 4) is 5.75 Å². The van der Waals surface area contributed by atoms with Crippen molar-refractivity contribution in [1.82, 2.24) is 0 Å². The van der Waals surface area contributed by atoms with Crippen LogP contribution in [-0.4, -0.2) is 45.2 Å². The van der Waals surface area contributed by atoms with Gasteiger partial charge in [0.05, 0.1) is 34.8 Å². The molecule has 210 valence electrons. The molecule has 0 bridgehead atoms. The number of carbonyl (C=O) groups excluding carboxylic acids is 1. The average Bonchev–Trinajstić information content (AvgIpc) is 2.87. The second kappa shape index (κ2) is 19.1. The number of carboxylic acids is 1. The molecule has 2 aromatic carbocycles. The summed E-state index contributed by atoms with van der Waals surface area (Å²) >= 11 is 0. The fourth-order valence-electron chi connectivity index (χ4n) is 4.56. The predicted octanol–water partition coefficient (Wildman–Crippen LogP) is 7.88. The highest BCUT2D eigenvalue weighted by Crippen LogP contribution is 2.25. The van der Waals surface area contributed by atoms with Gasteiger partial charge in [-0.15, -0.1) is 0 Å². The van der Waals surface area contributed by atoms with E-state index in [9.17, 15) is 9.90 Å². The van der Waals surface area contributed by atoms with Crippen molar-refractivity contribution in [2.75, 3.05) is 34.8 Å². The van der Waals surface area contributed by atoms with Gasteiger partial charge in [-0.1, -0.05) is 115 Å². The molecular formula is C33H55NO3. The highest BCUT2D eigenvalue weighted by atomic mass is 16.5. The first-order valence-electron chi connectivity index (χ1n) is 14.8. The summed E-state index contributed by atoms with van der Waals surface area (Å²) in [5.74, 6) is -0.863. The first-order valence-corrected chi connectivity index (χ1v) is 14.8. The third kappa shape index (κ3) is 15.7. The Balaban J connectivity index is 0.000000373. The van der Waals surface area contributed by atoms with Crippen molar-refractivity contribution >= 4 is 16.7 Å². The van der Waals surface area contributed by atoms with Gasteiger partial charge in [-0.2, -0.15) is 0 Å². The summed E-state index contributed by atoms with van der Waals surface area (Å²) in [5.41, 5.74) is 0.752. The van der Waals surface area contributed by atoms with Crippen molar-refractivity contribution < 1.29 is 19.1 Å². The zero-order chi connectivity index (χ0) is 27.5. The first kappa shape index (κ1) is 33.0. The number of carboxylic acid groups (broad SMARTS) is 1. The van der Waals surface area contributed by atoms with Gasteiger partial charge in [0.25, 0.3) is 0 Å². The highest BCUT2D eigenvalue weighted by Gasteiger charge is 2.07. The Kier molecular flexibility index (Phi) is 17.0. The van der Waals surface area contributed by atoms with Gasteiger partial charge in [0.1, 0.15) is 5.75 Å². The van der Waals surface area contributed by atoms with Gasteiger partial charge in [0, 0.05) is 11.9 Å². The van der Waals surface area contributed by atoms with Gasteiger partial charge in [0.2, 0.25) is 0 Å². The first-order chi connectivity index (χ1) is 17.7. The number of benzene rings is 2. The van der Waals surface area contributed by atoms with E-state index >= 15 is 0 Å². The molecule has 2 rings (SSSR count). The molecular weight excluding hydrogens is 458 g/mol. The van der Waals surface area contributed by atoms with Crippen LogP contribution in [0.2, 0.25) is 0 Å². The molecule has 0 aromatic heterocycles. The third-order valence-electron chi connectivity index (χ3n) is 7.11. The molecule has 4 nitrogen and oxygen atoms in total. The Morgan fingerprint density at radius 2 is 1.22 bits per heavy atom. The number of aliphatic carboxylic acids is 1. The van der Waals surface area contributed by atoms with Gasteiger partial charge in [-0.3, -0.25) is 0 Å². The Hall–Kier alpha value is -2.07. The second-order valence-electron chi connectivity index (χ2n) is 11.6.